The molecule has 10 aromatic carbocycles. The quantitative estimate of drug-likeness (QED) is 0.153. The minimum absolute atomic E-state index is 0.912. The third kappa shape index (κ3) is 6.51. The Hall–Kier alpha value is -7.94. The first kappa shape index (κ1) is 35.2. The van der Waals surface area contributed by atoms with E-state index in [2.05, 4.69) is 235 Å². The number of fused-ring (bicyclic) bond motifs is 4. The molecule has 1 aromatic heterocycles. The van der Waals surface area contributed by atoms with Crippen LogP contribution >= 0.6 is 0 Å². The van der Waals surface area contributed by atoms with Gasteiger partial charge >= 0.3 is 0 Å². The van der Waals surface area contributed by atoms with Crippen LogP contribution in [0, 0.1) is 0 Å². The van der Waals surface area contributed by atoms with Crippen molar-refractivity contribution in [1.29, 1.82) is 0 Å². The van der Waals surface area contributed by atoms with Gasteiger partial charge in [0.2, 0.25) is 0 Å². The summed E-state index contributed by atoms with van der Waals surface area (Å²) in [5.74, 6) is 0. The molecule has 60 heavy (non-hydrogen) atoms. The van der Waals surface area contributed by atoms with Crippen molar-refractivity contribution >= 4 is 49.8 Å². The molecule has 0 aliphatic rings. The Labute approximate surface area is 349 Å². The maximum Gasteiger partial charge on any atom is 0.143 e. The van der Waals surface area contributed by atoms with Crippen molar-refractivity contribution in [1.82, 2.24) is 0 Å². The molecule has 0 saturated carbocycles. The van der Waals surface area contributed by atoms with Gasteiger partial charge < -0.3 is 9.32 Å². The zero-order valence-electron chi connectivity index (χ0n) is 32.9. The molecular weight excluding hydrogens is 727 g/mol. The van der Waals surface area contributed by atoms with E-state index >= 15 is 0 Å². The van der Waals surface area contributed by atoms with Crippen molar-refractivity contribution in [3.8, 4) is 55.6 Å². The SMILES string of the molecule is c1ccc(-c2ccc(N(c3ccc(-c4ccc(-c5cccc6c5oc5c(-c7ccccc7)cccc56)cc4)cc3)c3ccc(-c4ccc5ccccc5c4)cc3)cc2)cc1. The van der Waals surface area contributed by atoms with Crippen LogP contribution < -0.4 is 4.90 Å². The summed E-state index contributed by atoms with van der Waals surface area (Å²) in [5, 5.41) is 4.75. The highest BCUT2D eigenvalue weighted by atomic mass is 16.3. The Kier molecular flexibility index (Phi) is 8.87. The topological polar surface area (TPSA) is 16.4 Å². The molecule has 11 aromatic rings. The minimum atomic E-state index is 0.912. The van der Waals surface area contributed by atoms with E-state index in [0.717, 1.165) is 72.4 Å². The van der Waals surface area contributed by atoms with Crippen LogP contribution in [0.25, 0.3) is 88.3 Å². The van der Waals surface area contributed by atoms with Gasteiger partial charge in [0.1, 0.15) is 11.2 Å². The molecule has 2 heteroatoms. The van der Waals surface area contributed by atoms with Gasteiger partial charge in [-0.25, -0.2) is 0 Å². The summed E-state index contributed by atoms with van der Waals surface area (Å²) in [7, 11) is 0. The molecule has 0 radical (unpaired) electrons. The van der Waals surface area contributed by atoms with Crippen LogP contribution in [0.2, 0.25) is 0 Å². The van der Waals surface area contributed by atoms with Gasteiger partial charge in [0.15, 0.2) is 0 Å². The molecule has 0 fully saturated rings. The van der Waals surface area contributed by atoms with Crippen LogP contribution in [0.1, 0.15) is 0 Å². The molecule has 0 bridgehead atoms. The molecule has 0 spiro atoms. The number of hydrogen-bond donors (Lipinski definition) is 0. The van der Waals surface area contributed by atoms with E-state index in [1.165, 1.54) is 33.0 Å². The molecule has 0 saturated heterocycles. The van der Waals surface area contributed by atoms with Crippen LogP contribution in [0.5, 0.6) is 0 Å². The fourth-order valence-corrected chi connectivity index (χ4v) is 8.59. The van der Waals surface area contributed by atoms with E-state index in [4.69, 9.17) is 4.42 Å². The zero-order valence-corrected chi connectivity index (χ0v) is 32.9. The summed E-state index contributed by atoms with van der Waals surface area (Å²) in [5.41, 5.74) is 16.7. The van der Waals surface area contributed by atoms with Gasteiger partial charge in [0, 0.05) is 39.0 Å². The molecular formula is C58H39NO. The van der Waals surface area contributed by atoms with E-state index in [-0.39, 0.29) is 0 Å². The number of hydrogen-bond acceptors (Lipinski definition) is 2. The third-order valence-electron chi connectivity index (χ3n) is 11.7. The van der Waals surface area contributed by atoms with Crippen LogP contribution in [-0.4, -0.2) is 0 Å². The third-order valence-corrected chi connectivity index (χ3v) is 11.7. The molecule has 11 rings (SSSR count). The minimum Gasteiger partial charge on any atom is -0.455 e. The summed E-state index contributed by atoms with van der Waals surface area (Å²) in [6.07, 6.45) is 0. The van der Waals surface area contributed by atoms with Crippen molar-refractivity contribution in [2.45, 2.75) is 0 Å². The lowest BCUT2D eigenvalue weighted by Crippen LogP contribution is -2.09. The second-order valence-corrected chi connectivity index (χ2v) is 15.3. The van der Waals surface area contributed by atoms with Crippen molar-refractivity contribution in [3.05, 3.63) is 237 Å². The van der Waals surface area contributed by atoms with Crippen molar-refractivity contribution < 1.29 is 4.42 Å². The second-order valence-electron chi connectivity index (χ2n) is 15.3. The predicted octanol–water partition coefficient (Wildman–Crippen LogP) is 16.5. The first-order valence-electron chi connectivity index (χ1n) is 20.5. The number of rotatable bonds is 8. The first-order chi connectivity index (χ1) is 29.7. The highest BCUT2D eigenvalue weighted by Gasteiger charge is 2.17. The number of nitrogens with zero attached hydrogens (tertiary/aromatic N) is 1. The van der Waals surface area contributed by atoms with Gasteiger partial charge in [-0.05, 0) is 97.7 Å². The molecule has 2 nitrogen and oxygen atoms in total. The number of benzene rings is 10. The van der Waals surface area contributed by atoms with E-state index < -0.39 is 0 Å². The molecule has 0 N–H and O–H groups in total. The molecule has 0 aliphatic heterocycles. The van der Waals surface area contributed by atoms with E-state index in [0.29, 0.717) is 0 Å². The maximum absolute atomic E-state index is 6.72. The smallest absolute Gasteiger partial charge is 0.143 e. The van der Waals surface area contributed by atoms with Crippen molar-refractivity contribution in [2.75, 3.05) is 4.90 Å². The van der Waals surface area contributed by atoms with Gasteiger partial charge in [-0.3, -0.25) is 0 Å². The van der Waals surface area contributed by atoms with Crippen LogP contribution in [0.15, 0.2) is 241 Å². The number of furan rings is 1. The highest BCUT2D eigenvalue weighted by Crippen LogP contribution is 2.41. The Bertz CT molecular complexity index is 3260. The second kappa shape index (κ2) is 15.1. The molecule has 0 aliphatic carbocycles. The molecule has 1 heterocycles. The summed E-state index contributed by atoms with van der Waals surface area (Å²) in [4.78, 5) is 2.34. The normalized spacial score (nSPS) is 11.3. The average molecular weight is 766 g/mol. The Morgan fingerprint density at radius 2 is 0.617 bits per heavy atom. The Morgan fingerprint density at radius 1 is 0.250 bits per heavy atom. The van der Waals surface area contributed by atoms with Crippen molar-refractivity contribution in [3.63, 3.8) is 0 Å². The summed E-state index contributed by atoms with van der Waals surface area (Å²) in [6.45, 7) is 0. The van der Waals surface area contributed by atoms with E-state index in [1.54, 1.807) is 0 Å². The van der Waals surface area contributed by atoms with Gasteiger partial charge in [0.25, 0.3) is 0 Å². The maximum atomic E-state index is 6.72. The zero-order chi connectivity index (χ0) is 39.8. The van der Waals surface area contributed by atoms with Gasteiger partial charge in [-0.2, -0.15) is 0 Å². The van der Waals surface area contributed by atoms with Crippen LogP contribution in [0.4, 0.5) is 17.1 Å². The largest absolute Gasteiger partial charge is 0.455 e. The predicted molar refractivity (Wildman–Crippen MR) is 253 cm³/mol. The Balaban J connectivity index is 0.913. The lowest BCUT2D eigenvalue weighted by atomic mass is 9.98. The first-order valence-corrected chi connectivity index (χ1v) is 20.5. The summed E-state index contributed by atoms with van der Waals surface area (Å²) >= 11 is 0. The van der Waals surface area contributed by atoms with Crippen LogP contribution in [0.3, 0.4) is 0 Å². The highest BCUT2D eigenvalue weighted by molar-refractivity contribution is 6.13. The summed E-state index contributed by atoms with van der Waals surface area (Å²) in [6, 6.07) is 84.7. The number of para-hydroxylation sites is 2. The lowest BCUT2D eigenvalue weighted by Gasteiger charge is -2.26. The van der Waals surface area contributed by atoms with Gasteiger partial charge in [-0.15, -0.1) is 0 Å². The molecule has 282 valence electrons. The van der Waals surface area contributed by atoms with E-state index in [9.17, 15) is 0 Å². The fourth-order valence-electron chi connectivity index (χ4n) is 8.59. The summed E-state index contributed by atoms with van der Waals surface area (Å²) < 4.78 is 6.72. The molecule has 0 atom stereocenters. The number of anilines is 3. The molecule has 0 amide bonds. The van der Waals surface area contributed by atoms with E-state index in [1.807, 2.05) is 6.07 Å². The monoisotopic (exact) mass is 765 g/mol. The Morgan fingerprint density at radius 3 is 1.13 bits per heavy atom. The lowest BCUT2D eigenvalue weighted by molar-refractivity contribution is 0.671. The van der Waals surface area contributed by atoms with Crippen molar-refractivity contribution in [2.24, 2.45) is 0 Å². The average Bonchev–Trinajstić information content (AvgIpc) is 3.72. The van der Waals surface area contributed by atoms with Gasteiger partial charge in [0.05, 0.1) is 0 Å². The fraction of sp³-hybridized carbons (Fsp3) is 0. The van der Waals surface area contributed by atoms with Crippen LogP contribution in [-0.2, 0) is 0 Å². The van der Waals surface area contributed by atoms with Gasteiger partial charge in [-0.1, -0.05) is 194 Å². The standard InChI is InChI=1S/C58H39NO/c1-3-11-40(12-4-1)43-27-33-50(34-28-43)59(52-37-31-45(32-38-52)49-26-23-41-13-7-8-16-48(41)39-49)51-35-29-44(30-36-51)42-21-24-47(25-22-42)54-18-10-20-56-55-19-9-17-53(57(55)60-58(54)56)46-14-5-2-6-15-46/h1-39H. The molecule has 0 unspecified atom stereocenters.